The second kappa shape index (κ2) is 5.60. The first-order valence-corrected chi connectivity index (χ1v) is 5.80. The van der Waals surface area contributed by atoms with Crippen LogP contribution in [0.25, 0.3) is 0 Å². The molecule has 0 aromatic heterocycles. The maximum atomic E-state index is 11.7. The molecular weight excluding hydrogens is 246 g/mol. The number of nitrogens with one attached hydrogen (secondary N) is 1. The zero-order valence-electron chi connectivity index (χ0n) is 11.3. The van der Waals surface area contributed by atoms with Gasteiger partial charge in [-0.25, -0.2) is 4.79 Å². The minimum atomic E-state index is -0.621. The third-order valence-corrected chi connectivity index (χ3v) is 2.58. The van der Waals surface area contributed by atoms with E-state index in [1.165, 1.54) is 7.11 Å². The average molecular weight is 265 g/mol. The predicted octanol–water partition coefficient (Wildman–Crippen LogP) is 1.12. The van der Waals surface area contributed by atoms with E-state index in [2.05, 4.69) is 5.32 Å². The van der Waals surface area contributed by atoms with Crippen molar-refractivity contribution in [2.45, 2.75) is 25.8 Å². The highest BCUT2D eigenvalue weighted by atomic mass is 16.5. The van der Waals surface area contributed by atoms with Crippen LogP contribution in [0.5, 0.6) is 0 Å². The first-order chi connectivity index (χ1) is 8.76. The van der Waals surface area contributed by atoms with Crippen LogP contribution in [0, 0.1) is 0 Å². The molecule has 6 nitrogen and oxygen atoms in total. The minimum Gasteiger partial charge on any atom is -0.465 e. The lowest BCUT2D eigenvalue weighted by Crippen LogP contribution is -2.36. The third kappa shape index (κ3) is 3.87. The van der Waals surface area contributed by atoms with Crippen LogP contribution < -0.4 is 16.8 Å². The van der Waals surface area contributed by atoms with E-state index in [1.54, 1.807) is 32.0 Å². The van der Waals surface area contributed by atoms with Gasteiger partial charge < -0.3 is 21.5 Å². The summed E-state index contributed by atoms with van der Waals surface area (Å²) >= 11 is 0. The first kappa shape index (κ1) is 14.8. The van der Waals surface area contributed by atoms with Gasteiger partial charge in [-0.1, -0.05) is 6.07 Å². The van der Waals surface area contributed by atoms with Crippen LogP contribution in [0.2, 0.25) is 0 Å². The fraction of sp³-hybridized carbons (Fsp3) is 0.385. The Labute approximate surface area is 112 Å². The van der Waals surface area contributed by atoms with Gasteiger partial charge in [-0.3, -0.25) is 4.79 Å². The summed E-state index contributed by atoms with van der Waals surface area (Å²) in [6.07, 6.45) is 0.113. The molecule has 0 fully saturated rings. The Bertz CT molecular complexity index is 498. The number of nitrogens with two attached hydrogens (primary N) is 2. The molecule has 0 aliphatic heterocycles. The molecule has 0 spiro atoms. The maximum Gasteiger partial charge on any atom is 0.340 e. The maximum absolute atomic E-state index is 11.7. The van der Waals surface area contributed by atoms with Crippen molar-refractivity contribution in [2.24, 2.45) is 5.73 Å². The molecule has 1 aromatic carbocycles. The third-order valence-electron chi connectivity index (χ3n) is 2.58. The average Bonchev–Trinajstić information content (AvgIpc) is 2.28. The summed E-state index contributed by atoms with van der Waals surface area (Å²) in [7, 11) is 1.30. The summed E-state index contributed by atoms with van der Waals surface area (Å²) < 4.78 is 4.70. The highest BCUT2D eigenvalue weighted by Gasteiger charge is 2.24. The van der Waals surface area contributed by atoms with Crippen LogP contribution in [0.1, 0.15) is 30.6 Å². The molecule has 104 valence electrons. The molecule has 0 aliphatic carbocycles. The number of amides is 1. The first-order valence-electron chi connectivity index (χ1n) is 5.80. The predicted molar refractivity (Wildman–Crippen MR) is 73.7 cm³/mol. The summed E-state index contributed by atoms with van der Waals surface area (Å²) in [6, 6.07) is 4.92. The zero-order chi connectivity index (χ0) is 14.6. The molecule has 19 heavy (non-hydrogen) atoms. The minimum absolute atomic E-state index is 0.113. The van der Waals surface area contributed by atoms with Gasteiger partial charge in [-0.15, -0.1) is 0 Å². The van der Waals surface area contributed by atoms with Gasteiger partial charge in [0.2, 0.25) is 5.91 Å². The lowest BCUT2D eigenvalue weighted by molar-refractivity contribution is -0.118. The van der Waals surface area contributed by atoms with Crippen molar-refractivity contribution in [3.63, 3.8) is 0 Å². The van der Waals surface area contributed by atoms with Gasteiger partial charge in [0.15, 0.2) is 0 Å². The Morgan fingerprint density at radius 3 is 2.53 bits per heavy atom. The van der Waals surface area contributed by atoms with E-state index in [4.69, 9.17) is 16.2 Å². The molecule has 0 radical (unpaired) electrons. The molecule has 1 amide bonds. The second-order valence-corrected chi connectivity index (χ2v) is 4.91. The molecule has 0 saturated heterocycles. The van der Waals surface area contributed by atoms with E-state index < -0.39 is 17.4 Å². The molecule has 0 bridgehead atoms. The normalized spacial score (nSPS) is 10.9. The van der Waals surface area contributed by atoms with Crippen molar-refractivity contribution in [1.29, 1.82) is 0 Å². The fourth-order valence-electron chi connectivity index (χ4n) is 1.81. The Hall–Kier alpha value is -2.24. The van der Waals surface area contributed by atoms with E-state index in [-0.39, 0.29) is 6.42 Å². The van der Waals surface area contributed by atoms with E-state index in [0.29, 0.717) is 16.9 Å². The van der Waals surface area contributed by atoms with Crippen LogP contribution in [0.4, 0.5) is 11.4 Å². The van der Waals surface area contributed by atoms with Crippen molar-refractivity contribution in [1.82, 2.24) is 0 Å². The van der Waals surface area contributed by atoms with E-state index in [1.807, 2.05) is 0 Å². The number of primary amides is 1. The van der Waals surface area contributed by atoms with Gasteiger partial charge in [-0.2, -0.15) is 0 Å². The number of anilines is 2. The number of hydrogen-bond donors (Lipinski definition) is 3. The van der Waals surface area contributed by atoms with Crippen LogP contribution in [0.3, 0.4) is 0 Å². The number of rotatable bonds is 5. The molecule has 0 saturated carbocycles. The molecule has 0 atom stereocenters. The SMILES string of the molecule is COC(=O)c1cccc(N)c1NC(C)(C)CC(N)=O. The van der Waals surface area contributed by atoms with Gasteiger partial charge >= 0.3 is 5.97 Å². The number of nitrogen functional groups attached to an aromatic ring is 1. The van der Waals surface area contributed by atoms with E-state index in [0.717, 1.165) is 0 Å². The molecule has 0 aliphatic rings. The lowest BCUT2D eigenvalue weighted by atomic mass is 9.98. The van der Waals surface area contributed by atoms with Gasteiger partial charge in [0.05, 0.1) is 24.0 Å². The summed E-state index contributed by atoms with van der Waals surface area (Å²) in [6.45, 7) is 3.59. The Morgan fingerprint density at radius 2 is 2.00 bits per heavy atom. The number of carbonyl (C=O) groups is 2. The van der Waals surface area contributed by atoms with Crippen molar-refractivity contribution < 1.29 is 14.3 Å². The molecular formula is C13H19N3O3. The highest BCUT2D eigenvalue weighted by Crippen LogP contribution is 2.28. The van der Waals surface area contributed by atoms with Crippen molar-refractivity contribution >= 4 is 23.3 Å². The second-order valence-electron chi connectivity index (χ2n) is 4.91. The monoisotopic (exact) mass is 265 g/mol. The summed E-state index contributed by atoms with van der Waals surface area (Å²) in [5.74, 6) is -0.934. The molecule has 1 aromatic rings. The van der Waals surface area contributed by atoms with Crippen LogP contribution in [0.15, 0.2) is 18.2 Å². The van der Waals surface area contributed by atoms with Crippen LogP contribution in [-0.4, -0.2) is 24.5 Å². The van der Waals surface area contributed by atoms with Crippen molar-refractivity contribution in [3.8, 4) is 0 Å². The molecule has 0 unspecified atom stereocenters. The molecule has 5 N–H and O–H groups in total. The molecule has 0 heterocycles. The standard InChI is InChI=1S/C13H19N3O3/c1-13(2,7-10(15)17)16-11-8(12(18)19-3)5-4-6-9(11)14/h4-6,16H,7,14H2,1-3H3,(H2,15,17). The summed E-state index contributed by atoms with van der Waals surface area (Å²) in [4.78, 5) is 22.7. The number of para-hydroxylation sites is 1. The molecule has 6 heteroatoms. The number of benzene rings is 1. The van der Waals surface area contributed by atoms with Gasteiger partial charge in [0.25, 0.3) is 0 Å². The fourth-order valence-corrected chi connectivity index (χ4v) is 1.81. The van der Waals surface area contributed by atoms with Gasteiger partial charge in [0.1, 0.15) is 0 Å². The summed E-state index contributed by atoms with van der Waals surface area (Å²) in [5, 5.41) is 3.08. The highest BCUT2D eigenvalue weighted by molar-refractivity contribution is 5.99. The topological polar surface area (TPSA) is 107 Å². The number of hydrogen-bond acceptors (Lipinski definition) is 5. The lowest BCUT2D eigenvalue weighted by Gasteiger charge is -2.28. The number of carbonyl (C=O) groups excluding carboxylic acids is 2. The number of methoxy groups -OCH3 is 1. The zero-order valence-corrected chi connectivity index (χ0v) is 11.3. The van der Waals surface area contributed by atoms with Crippen LogP contribution in [-0.2, 0) is 9.53 Å². The van der Waals surface area contributed by atoms with Crippen LogP contribution >= 0.6 is 0 Å². The van der Waals surface area contributed by atoms with Crippen molar-refractivity contribution in [3.05, 3.63) is 23.8 Å². The van der Waals surface area contributed by atoms with E-state index >= 15 is 0 Å². The Kier molecular flexibility index (Phi) is 4.37. The Morgan fingerprint density at radius 1 is 1.37 bits per heavy atom. The van der Waals surface area contributed by atoms with Gasteiger partial charge in [-0.05, 0) is 26.0 Å². The number of esters is 1. The Balaban J connectivity index is 3.12. The number of ether oxygens (including phenoxy) is 1. The van der Waals surface area contributed by atoms with E-state index in [9.17, 15) is 9.59 Å². The smallest absolute Gasteiger partial charge is 0.340 e. The quantitative estimate of drug-likeness (QED) is 0.546. The molecule has 1 rings (SSSR count). The summed E-state index contributed by atoms with van der Waals surface area (Å²) in [5.41, 5.74) is 11.6. The van der Waals surface area contributed by atoms with Crippen molar-refractivity contribution in [2.75, 3.05) is 18.2 Å². The largest absolute Gasteiger partial charge is 0.465 e. The van der Waals surface area contributed by atoms with Gasteiger partial charge in [0, 0.05) is 12.0 Å².